The molecule has 2 atom stereocenters. The van der Waals surface area contributed by atoms with Gasteiger partial charge < -0.3 is 15.5 Å². The molecule has 0 spiro atoms. The molecular weight excluding hydrogens is 328 g/mol. The van der Waals surface area contributed by atoms with Crippen LogP contribution in [0.25, 0.3) is 0 Å². The zero-order valence-electron chi connectivity index (χ0n) is 15.1. The summed E-state index contributed by atoms with van der Waals surface area (Å²) < 4.78 is 0. The standard InChI is InChI=1S/C20H24N4O2/c1-14(21-2)19(25)23-17-11-10-15-7-3-4-9-18(15)24(20(17)26)13-16-8-5-6-12-22-16/h3-9,12,14,17,21H,10-11,13H2,1-2H3,(H,23,25)/t14?,17-/m0/s1. The van der Waals surface area contributed by atoms with E-state index in [1.807, 2.05) is 42.5 Å². The smallest absolute Gasteiger partial charge is 0.249 e. The van der Waals surface area contributed by atoms with Gasteiger partial charge in [-0.25, -0.2) is 0 Å². The lowest BCUT2D eigenvalue weighted by molar-refractivity contribution is -0.128. The van der Waals surface area contributed by atoms with Gasteiger partial charge in [0.1, 0.15) is 6.04 Å². The number of anilines is 1. The minimum absolute atomic E-state index is 0.0998. The summed E-state index contributed by atoms with van der Waals surface area (Å²) in [7, 11) is 1.72. The molecule has 0 radical (unpaired) electrons. The fourth-order valence-corrected chi connectivity index (χ4v) is 3.09. The molecule has 3 rings (SSSR count). The van der Waals surface area contributed by atoms with Crippen LogP contribution in [-0.2, 0) is 22.6 Å². The Labute approximate surface area is 153 Å². The third-order valence-electron chi connectivity index (χ3n) is 4.74. The van der Waals surface area contributed by atoms with Crippen LogP contribution in [0.15, 0.2) is 48.7 Å². The predicted octanol–water partition coefficient (Wildman–Crippen LogP) is 1.65. The Bertz CT molecular complexity index is 778. The number of carbonyl (C=O) groups excluding carboxylic acids is 2. The van der Waals surface area contributed by atoms with Gasteiger partial charge in [0.05, 0.1) is 18.3 Å². The van der Waals surface area contributed by atoms with E-state index in [2.05, 4.69) is 15.6 Å². The Morgan fingerprint density at radius 2 is 2.04 bits per heavy atom. The first-order valence-electron chi connectivity index (χ1n) is 8.87. The number of likely N-dealkylation sites (N-methyl/N-ethyl adjacent to an activating group) is 1. The minimum Gasteiger partial charge on any atom is -0.343 e. The summed E-state index contributed by atoms with van der Waals surface area (Å²) >= 11 is 0. The summed E-state index contributed by atoms with van der Waals surface area (Å²) in [5, 5.41) is 5.80. The Morgan fingerprint density at radius 3 is 2.77 bits per heavy atom. The minimum atomic E-state index is -0.547. The highest BCUT2D eigenvalue weighted by molar-refractivity contribution is 6.00. The first-order valence-corrected chi connectivity index (χ1v) is 8.87. The lowest BCUT2D eigenvalue weighted by Gasteiger charge is -2.26. The van der Waals surface area contributed by atoms with Gasteiger partial charge >= 0.3 is 0 Å². The second-order valence-corrected chi connectivity index (χ2v) is 6.48. The summed E-state index contributed by atoms with van der Waals surface area (Å²) in [5.74, 6) is -0.271. The normalized spacial score (nSPS) is 18.0. The molecular formula is C20H24N4O2. The van der Waals surface area contributed by atoms with E-state index >= 15 is 0 Å². The van der Waals surface area contributed by atoms with Gasteiger partial charge in [0.2, 0.25) is 11.8 Å². The number of pyridine rings is 1. The molecule has 2 heterocycles. The molecule has 0 aliphatic carbocycles. The number of rotatable bonds is 5. The van der Waals surface area contributed by atoms with Crippen LogP contribution in [0.5, 0.6) is 0 Å². The van der Waals surface area contributed by atoms with E-state index in [9.17, 15) is 9.59 Å². The number of benzene rings is 1. The van der Waals surface area contributed by atoms with E-state index in [1.165, 1.54) is 0 Å². The van der Waals surface area contributed by atoms with Gasteiger partial charge in [-0.2, -0.15) is 0 Å². The maximum Gasteiger partial charge on any atom is 0.249 e. The number of nitrogens with one attached hydrogen (secondary N) is 2. The number of aromatic nitrogens is 1. The van der Waals surface area contributed by atoms with Crippen molar-refractivity contribution in [2.75, 3.05) is 11.9 Å². The van der Waals surface area contributed by atoms with Gasteiger partial charge in [-0.3, -0.25) is 14.6 Å². The molecule has 1 aromatic carbocycles. The van der Waals surface area contributed by atoms with Crippen molar-refractivity contribution in [1.82, 2.24) is 15.6 Å². The van der Waals surface area contributed by atoms with E-state index in [0.29, 0.717) is 13.0 Å². The molecule has 136 valence electrons. The lowest BCUT2D eigenvalue weighted by Crippen LogP contribution is -2.52. The van der Waals surface area contributed by atoms with Crippen molar-refractivity contribution in [3.05, 3.63) is 59.9 Å². The average molecular weight is 352 g/mol. The monoisotopic (exact) mass is 352 g/mol. The van der Waals surface area contributed by atoms with Gasteiger partial charge in [0, 0.05) is 11.9 Å². The zero-order valence-corrected chi connectivity index (χ0v) is 15.1. The number of aryl methyl sites for hydroxylation is 1. The maximum absolute atomic E-state index is 13.2. The zero-order chi connectivity index (χ0) is 18.5. The van der Waals surface area contributed by atoms with Crippen molar-refractivity contribution in [2.45, 2.75) is 38.4 Å². The molecule has 6 nitrogen and oxygen atoms in total. The molecule has 2 aromatic rings. The van der Waals surface area contributed by atoms with Crippen LogP contribution in [0.3, 0.4) is 0 Å². The van der Waals surface area contributed by atoms with Gasteiger partial charge in [-0.15, -0.1) is 0 Å². The molecule has 0 bridgehead atoms. The van der Waals surface area contributed by atoms with Crippen LogP contribution >= 0.6 is 0 Å². The molecule has 1 unspecified atom stereocenters. The first kappa shape index (κ1) is 18.1. The van der Waals surface area contributed by atoms with Crippen LogP contribution in [0.4, 0.5) is 5.69 Å². The van der Waals surface area contributed by atoms with Crippen molar-refractivity contribution >= 4 is 17.5 Å². The Balaban J connectivity index is 1.89. The number of nitrogens with zero attached hydrogens (tertiary/aromatic N) is 2. The van der Waals surface area contributed by atoms with Crippen molar-refractivity contribution in [3.63, 3.8) is 0 Å². The van der Waals surface area contributed by atoms with E-state index in [0.717, 1.165) is 23.4 Å². The second kappa shape index (κ2) is 8.10. The lowest BCUT2D eigenvalue weighted by atomic mass is 10.1. The Kier molecular flexibility index (Phi) is 5.63. The SMILES string of the molecule is CNC(C)C(=O)N[C@H]1CCc2ccccc2N(Cc2ccccn2)C1=O. The molecule has 2 amide bonds. The molecule has 0 saturated carbocycles. The number of hydrogen-bond donors (Lipinski definition) is 2. The number of amides is 2. The van der Waals surface area contributed by atoms with E-state index in [1.54, 1.807) is 25.1 Å². The second-order valence-electron chi connectivity index (χ2n) is 6.48. The van der Waals surface area contributed by atoms with E-state index < -0.39 is 6.04 Å². The molecule has 1 aliphatic rings. The molecule has 0 fully saturated rings. The molecule has 1 aliphatic heterocycles. The van der Waals surface area contributed by atoms with Gasteiger partial charge in [-0.1, -0.05) is 24.3 Å². The predicted molar refractivity (Wildman–Crippen MR) is 101 cm³/mol. The summed E-state index contributed by atoms with van der Waals surface area (Å²) in [6, 6.07) is 12.7. The Morgan fingerprint density at radius 1 is 1.27 bits per heavy atom. The third-order valence-corrected chi connectivity index (χ3v) is 4.74. The van der Waals surface area contributed by atoms with Gasteiger partial charge in [0.25, 0.3) is 0 Å². The third kappa shape index (κ3) is 3.91. The van der Waals surface area contributed by atoms with Gasteiger partial charge in [0.15, 0.2) is 0 Å². The number of fused-ring (bicyclic) bond motifs is 1. The first-order chi connectivity index (χ1) is 12.6. The average Bonchev–Trinajstić information content (AvgIpc) is 2.80. The van der Waals surface area contributed by atoms with E-state index in [4.69, 9.17) is 0 Å². The van der Waals surface area contributed by atoms with Crippen LogP contribution in [0.1, 0.15) is 24.6 Å². The number of para-hydroxylation sites is 1. The topological polar surface area (TPSA) is 74.3 Å². The number of hydrogen-bond acceptors (Lipinski definition) is 4. The quantitative estimate of drug-likeness (QED) is 0.858. The molecule has 0 saturated heterocycles. The van der Waals surface area contributed by atoms with Crippen LogP contribution < -0.4 is 15.5 Å². The molecule has 2 N–H and O–H groups in total. The van der Waals surface area contributed by atoms with Crippen molar-refractivity contribution in [2.24, 2.45) is 0 Å². The fourth-order valence-electron chi connectivity index (χ4n) is 3.09. The molecule has 1 aromatic heterocycles. The summed E-state index contributed by atoms with van der Waals surface area (Å²) in [4.78, 5) is 31.6. The summed E-state index contributed by atoms with van der Waals surface area (Å²) in [6.45, 7) is 2.15. The molecule has 6 heteroatoms. The molecule has 26 heavy (non-hydrogen) atoms. The van der Waals surface area contributed by atoms with Crippen LogP contribution in [0, 0.1) is 0 Å². The van der Waals surface area contributed by atoms with Gasteiger partial charge in [-0.05, 0) is 50.6 Å². The highest BCUT2D eigenvalue weighted by Gasteiger charge is 2.32. The van der Waals surface area contributed by atoms with Crippen molar-refractivity contribution < 1.29 is 9.59 Å². The summed E-state index contributed by atoms with van der Waals surface area (Å²) in [6.07, 6.45) is 3.04. The van der Waals surface area contributed by atoms with Crippen molar-refractivity contribution in [1.29, 1.82) is 0 Å². The highest BCUT2D eigenvalue weighted by Crippen LogP contribution is 2.28. The summed E-state index contributed by atoms with van der Waals surface area (Å²) in [5.41, 5.74) is 2.81. The van der Waals surface area contributed by atoms with E-state index in [-0.39, 0.29) is 17.9 Å². The maximum atomic E-state index is 13.2. The largest absolute Gasteiger partial charge is 0.343 e. The van der Waals surface area contributed by atoms with Crippen molar-refractivity contribution in [3.8, 4) is 0 Å². The Hall–Kier alpha value is -2.73. The van der Waals surface area contributed by atoms with Crippen LogP contribution in [0.2, 0.25) is 0 Å². The highest BCUT2D eigenvalue weighted by atomic mass is 16.2. The number of carbonyl (C=O) groups is 2. The van der Waals surface area contributed by atoms with Crippen LogP contribution in [-0.4, -0.2) is 35.9 Å². The fraction of sp³-hybridized carbons (Fsp3) is 0.350.